The predicted molar refractivity (Wildman–Crippen MR) is 102 cm³/mol. The molecule has 1 heterocycles. The van der Waals surface area contributed by atoms with Crippen molar-refractivity contribution in [3.05, 3.63) is 35.9 Å². The molecule has 0 bridgehead atoms. The maximum atomic E-state index is 12.6. The van der Waals surface area contributed by atoms with E-state index in [1.54, 1.807) is 0 Å². The summed E-state index contributed by atoms with van der Waals surface area (Å²) >= 11 is 0. The molecule has 0 unspecified atom stereocenters. The van der Waals surface area contributed by atoms with E-state index < -0.39 is 47.9 Å². The number of aliphatic hydroxyl groups is 1. The first-order valence-corrected chi connectivity index (χ1v) is 9.30. The van der Waals surface area contributed by atoms with Crippen LogP contribution in [0.4, 0.5) is 0 Å². The highest BCUT2D eigenvalue weighted by Gasteiger charge is 2.56. The minimum Gasteiger partial charge on any atom is -0.478 e. The minimum atomic E-state index is -2.59. The van der Waals surface area contributed by atoms with Crippen LogP contribution in [0, 0.1) is 0 Å². The third-order valence-electron chi connectivity index (χ3n) is 4.93. The van der Waals surface area contributed by atoms with Crippen LogP contribution in [0.1, 0.15) is 31.2 Å². The molecule has 1 aliphatic rings. The van der Waals surface area contributed by atoms with E-state index >= 15 is 0 Å². The summed E-state index contributed by atoms with van der Waals surface area (Å²) in [6.45, 7) is -0.0387. The number of benzene rings is 1. The van der Waals surface area contributed by atoms with Gasteiger partial charge in [-0.2, -0.15) is 0 Å². The molecule has 29 heavy (non-hydrogen) atoms. The summed E-state index contributed by atoms with van der Waals surface area (Å²) in [5.41, 5.74) is 9.00. The molecule has 10 heteroatoms. The zero-order valence-electron chi connectivity index (χ0n) is 15.9. The first-order valence-electron chi connectivity index (χ1n) is 9.30. The van der Waals surface area contributed by atoms with Crippen molar-refractivity contribution < 1.29 is 29.4 Å². The summed E-state index contributed by atoms with van der Waals surface area (Å²) in [6.07, 6.45) is 0.768. The van der Waals surface area contributed by atoms with Crippen molar-refractivity contribution >= 4 is 23.7 Å². The third-order valence-corrected chi connectivity index (χ3v) is 4.93. The molecule has 1 fully saturated rings. The number of amides is 3. The van der Waals surface area contributed by atoms with Crippen molar-refractivity contribution in [2.45, 2.75) is 49.9 Å². The number of nitrogens with zero attached hydrogens (tertiary/aromatic N) is 1. The van der Waals surface area contributed by atoms with E-state index in [2.05, 4.69) is 5.32 Å². The van der Waals surface area contributed by atoms with Crippen molar-refractivity contribution in [1.82, 2.24) is 10.2 Å². The number of nitrogens with two attached hydrogens (primary N) is 2. The second-order valence-corrected chi connectivity index (χ2v) is 7.04. The van der Waals surface area contributed by atoms with Crippen LogP contribution in [-0.2, 0) is 25.6 Å². The van der Waals surface area contributed by atoms with Gasteiger partial charge in [0.1, 0.15) is 0 Å². The maximum absolute atomic E-state index is 12.6. The number of aryl methyl sites for hydroxylation is 1. The van der Waals surface area contributed by atoms with Gasteiger partial charge in [0.15, 0.2) is 0 Å². The van der Waals surface area contributed by atoms with Crippen LogP contribution in [0.3, 0.4) is 0 Å². The number of rotatable bonds is 9. The number of carboxylic acid groups (broad SMARTS) is 1. The Morgan fingerprint density at radius 3 is 2.48 bits per heavy atom. The van der Waals surface area contributed by atoms with Crippen LogP contribution in [0.5, 0.6) is 0 Å². The van der Waals surface area contributed by atoms with Crippen LogP contribution in [0.15, 0.2) is 30.3 Å². The SMILES string of the molecule is NC(=O)C[C@H](N)C(=O)N[C@H]1CCN(C(=O)CCCc2ccccc2)[C@@]1(O)C(=O)O. The van der Waals surface area contributed by atoms with Crippen LogP contribution >= 0.6 is 0 Å². The molecule has 7 N–H and O–H groups in total. The Balaban J connectivity index is 2.01. The Morgan fingerprint density at radius 1 is 1.24 bits per heavy atom. The van der Waals surface area contributed by atoms with Gasteiger partial charge in [0, 0.05) is 13.0 Å². The number of aliphatic carboxylic acids is 1. The van der Waals surface area contributed by atoms with Gasteiger partial charge in [0.25, 0.3) is 5.72 Å². The summed E-state index contributed by atoms with van der Waals surface area (Å²) in [5, 5.41) is 22.6. The van der Waals surface area contributed by atoms with E-state index in [0.717, 1.165) is 10.5 Å². The van der Waals surface area contributed by atoms with Crippen LogP contribution in [0.25, 0.3) is 0 Å². The van der Waals surface area contributed by atoms with Gasteiger partial charge in [-0.1, -0.05) is 30.3 Å². The molecule has 0 radical (unpaired) electrons. The Hall–Kier alpha value is -2.98. The Kier molecular flexibility index (Phi) is 7.29. The van der Waals surface area contributed by atoms with E-state index in [-0.39, 0.29) is 19.4 Å². The first-order chi connectivity index (χ1) is 13.7. The van der Waals surface area contributed by atoms with Crippen molar-refractivity contribution in [2.75, 3.05) is 6.54 Å². The molecule has 158 valence electrons. The number of nitrogens with one attached hydrogen (secondary N) is 1. The number of likely N-dealkylation sites (tertiary alicyclic amines) is 1. The molecule has 1 aromatic rings. The average molecular weight is 406 g/mol. The Bertz CT molecular complexity index is 771. The topological polar surface area (TPSA) is 176 Å². The smallest absolute Gasteiger partial charge is 0.359 e. The monoisotopic (exact) mass is 406 g/mol. The molecule has 2 rings (SSSR count). The average Bonchev–Trinajstić information content (AvgIpc) is 2.99. The number of hydrogen-bond acceptors (Lipinski definition) is 6. The van der Waals surface area contributed by atoms with Gasteiger partial charge in [-0.25, -0.2) is 4.79 Å². The highest BCUT2D eigenvalue weighted by molar-refractivity contribution is 5.90. The van der Waals surface area contributed by atoms with Crippen molar-refractivity contribution in [2.24, 2.45) is 11.5 Å². The fourth-order valence-corrected chi connectivity index (χ4v) is 3.38. The molecule has 3 amide bonds. The van der Waals surface area contributed by atoms with Gasteiger partial charge in [-0.15, -0.1) is 0 Å². The van der Waals surface area contributed by atoms with Crippen LogP contribution in [0.2, 0.25) is 0 Å². The third kappa shape index (κ3) is 5.30. The lowest BCUT2D eigenvalue weighted by Gasteiger charge is -2.34. The van der Waals surface area contributed by atoms with E-state index in [1.807, 2.05) is 30.3 Å². The summed E-state index contributed by atoms with van der Waals surface area (Å²) in [7, 11) is 0. The quantitative estimate of drug-likeness (QED) is 0.338. The minimum absolute atomic E-state index is 0.0300. The standard InChI is InChI=1S/C19H26N4O6/c20-13(11-15(21)24)17(26)22-14-9-10-23(19(14,29)18(27)28)16(25)8-4-7-12-5-2-1-3-6-12/h1-3,5-6,13-14,29H,4,7-11,20H2,(H2,21,24)(H,22,26)(H,27,28)/t13-,14-,19-/m0/s1. The number of hydrogen-bond donors (Lipinski definition) is 5. The molecule has 10 nitrogen and oxygen atoms in total. The van der Waals surface area contributed by atoms with Gasteiger partial charge >= 0.3 is 5.97 Å². The Labute approximate surface area is 167 Å². The Morgan fingerprint density at radius 2 is 1.90 bits per heavy atom. The second-order valence-electron chi connectivity index (χ2n) is 7.04. The fraction of sp³-hybridized carbons (Fsp3) is 0.474. The molecule has 0 saturated carbocycles. The molecular weight excluding hydrogens is 380 g/mol. The zero-order chi connectivity index (χ0) is 21.6. The molecular formula is C19H26N4O6. The molecule has 3 atom stereocenters. The number of carbonyl (C=O) groups excluding carboxylic acids is 3. The van der Waals surface area contributed by atoms with Gasteiger partial charge in [0.05, 0.1) is 18.5 Å². The summed E-state index contributed by atoms with van der Waals surface area (Å²) in [5.74, 6) is -3.79. The van der Waals surface area contributed by atoms with Gasteiger partial charge < -0.3 is 31.9 Å². The predicted octanol–water partition coefficient (Wildman–Crippen LogP) is -1.30. The van der Waals surface area contributed by atoms with Gasteiger partial charge in [-0.3, -0.25) is 14.4 Å². The molecule has 0 aromatic heterocycles. The lowest BCUT2D eigenvalue weighted by Crippen LogP contribution is -2.64. The van der Waals surface area contributed by atoms with Gasteiger partial charge in [-0.05, 0) is 24.8 Å². The number of carbonyl (C=O) groups is 4. The largest absolute Gasteiger partial charge is 0.478 e. The second kappa shape index (κ2) is 9.48. The molecule has 0 spiro atoms. The van der Waals surface area contributed by atoms with Crippen molar-refractivity contribution in [3.63, 3.8) is 0 Å². The van der Waals surface area contributed by atoms with E-state index in [9.17, 15) is 29.4 Å². The normalized spacial score (nSPS) is 22.1. The number of carboxylic acids is 1. The summed E-state index contributed by atoms with van der Waals surface area (Å²) in [6, 6.07) is 6.97. The lowest BCUT2D eigenvalue weighted by molar-refractivity contribution is -0.186. The molecule has 0 aliphatic carbocycles. The molecule has 1 aromatic carbocycles. The van der Waals surface area contributed by atoms with Crippen LogP contribution < -0.4 is 16.8 Å². The highest BCUT2D eigenvalue weighted by Crippen LogP contribution is 2.29. The fourth-order valence-electron chi connectivity index (χ4n) is 3.38. The van der Waals surface area contributed by atoms with E-state index in [1.165, 1.54) is 0 Å². The molecule has 1 aliphatic heterocycles. The summed E-state index contributed by atoms with van der Waals surface area (Å²) in [4.78, 5) is 48.2. The summed E-state index contributed by atoms with van der Waals surface area (Å²) < 4.78 is 0. The molecule has 1 saturated heterocycles. The maximum Gasteiger partial charge on any atom is 0.359 e. The lowest BCUT2D eigenvalue weighted by atomic mass is 10.0. The van der Waals surface area contributed by atoms with Crippen molar-refractivity contribution in [1.29, 1.82) is 0 Å². The van der Waals surface area contributed by atoms with Crippen LogP contribution in [-0.4, -0.2) is 63.2 Å². The number of primary amides is 1. The highest BCUT2D eigenvalue weighted by atomic mass is 16.4. The van der Waals surface area contributed by atoms with Gasteiger partial charge in [0.2, 0.25) is 17.7 Å². The first kappa shape index (κ1) is 22.3. The van der Waals surface area contributed by atoms with Crippen molar-refractivity contribution in [3.8, 4) is 0 Å². The zero-order valence-corrected chi connectivity index (χ0v) is 15.9. The van der Waals surface area contributed by atoms with E-state index in [0.29, 0.717) is 12.8 Å². The van der Waals surface area contributed by atoms with E-state index in [4.69, 9.17) is 11.5 Å².